The van der Waals surface area contributed by atoms with Gasteiger partial charge in [-0.3, -0.25) is 51.3 Å². The fourth-order valence-corrected chi connectivity index (χ4v) is 4.06. The monoisotopic (exact) mass is 1190 g/mol. The Kier molecular flexibility index (Phi) is 18.0. The van der Waals surface area contributed by atoms with Crippen LogP contribution < -0.4 is 10.0 Å². The summed E-state index contributed by atoms with van der Waals surface area (Å²) in [5, 5.41) is 18.7. The first-order valence-electron chi connectivity index (χ1n) is 15.4. The molecule has 60 heavy (non-hydrogen) atoms. The third-order valence-electron chi connectivity index (χ3n) is 6.53. The van der Waals surface area contributed by atoms with E-state index in [0.717, 1.165) is 24.3 Å². The van der Waals surface area contributed by atoms with Crippen LogP contribution in [-0.2, 0) is 40.2 Å². The van der Waals surface area contributed by atoms with Crippen LogP contribution in [-0.4, -0.2) is 81.4 Å². The molecule has 2 aliphatic heterocycles. The van der Waals surface area contributed by atoms with Crippen molar-refractivity contribution in [3.63, 3.8) is 0 Å². The van der Waals surface area contributed by atoms with E-state index in [0.29, 0.717) is 0 Å². The predicted molar refractivity (Wildman–Crippen MR) is 183 cm³/mol. The van der Waals surface area contributed by atoms with Crippen LogP contribution in [0.25, 0.3) is 22.8 Å². The van der Waals surface area contributed by atoms with Gasteiger partial charge in [0.05, 0.1) is 53.9 Å². The first-order valence-corrected chi connectivity index (χ1v) is 15.4. The molecule has 0 unspecified atom stereocenters. The molecule has 8 rings (SSSR count). The zero-order valence-electron chi connectivity index (χ0n) is 29.8. The first-order chi connectivity index (χ1) is 27.8. The van der Waals surface area contributed by atoms with Crippen molar-refractivity contribution < 1.29 is 75.3 Å². The fourth-order valence-electron chi connectivity index (χ4n) is 4.06. The van der Waals surface area contributed by atoms with Gasteiger partial charge in [-0.1, -0.05) is 17.2 Å². The second-order valence-electron chi connectivity index (χ2n) is 10.6. The Hall–Kier alpha value is -6.54. The van der Waals surface area contributed by atoms with E-state index in [1.165, 1.54) is 67.4 Å². The van der Waals surface area contributed by atoms with Crippen LogP contribution in [0.2, 0.25) is 0 Å². The van der Waals surface area contributed by atoms with Gasteiger partial charge in [0, 0.05) is 5.56 Å². The maximum absolute atomic E-state index is 13.6. The molecule has 0 spiro atoms. The molecule has 308 valence electrons. The number of nitriles is 1. The molecule has 0 N–H and O–H groups in total. The minimum atomic E-state index is -1.02. The quantitative estimate of drug-likeness (QED) is 0.138. The zero-order valence-corrected chi connectivity index (χ0v) is 34.6. The number of benzene rings is 1. The minimum Gasteiger partial charge on any atom is -0.493 e. The van der Waals surface area contributed by atoms with Gasteiger partial charge >= 0.3 is 40.2 Å². The molecule has 5 aromatic heterocycles. The third kappa shape index (κ3) is 12.7. The molecule has 0 radical (unpaired) electrons. The number of hydrazone groups is 2. The Balaban J connectivity index is 0.000000212. The Morgan fingerprint density at radius 3 is 1.35 bits per heavy atom. The summed E-state index contributed by atoms with van der Waals surface area (Å²) < 4.78 is 103. The molecule has 0 aliphatic carbocycles. The summed E-state index contributed by atoms with van der Waals surface area (Å²) in [7, 11) is 3.47. The molecule has 16 nitrogen and oxygen atoms in total. The van der Waals surface area contributed by atoms with Crippen LogP contribution in [0.4, 0.5) is 46.5 Å². The number of anilines is 2. The van der Waals surface area contributed by atoms with Gasteiger partial charge < -0.3 is 29.8 Å². The van der Waals surface area contributed by atoms with Crippen LogP contribution in [0.3, 0.4) is 0 Å². The molecule has 2 aliphatic rings. The molecule has 6 aromatic rings. The van der Waals surface area contributed by atoms with E-state index < -0.39 is 52.9 Å². The van der Waals surface area contributed by atoms with Gasteiger partial charge in [0.2, 0.25) is 0 Å². The largest absolute Gasteiger partial charge is 3.00 e. The predicted octanol–water partition coefficient (Wildman–Crippen LogP) is 4.44. The number of nitrogens with zero attached hydrogens (tertiary/aromatic N) is 16. The maximum atomic E-state index is 13.6. The topological polar surface area (TPSA) is 177 Å². The molecule has 0 bridgehead atoms. The number of rotatable bonds is 4. The second kappa shape index (κ2) is 22.6. The van der Waals surface area contributed by atoms with Gasteiger partial charge in [-0.15, -0.1) is 43.7 Å². The van der Waals surface area contributed by atoms with Crippen LogP contribution in [0.5, 0.6) is 0 Å². The molecule has 0 saturated heterocycles. The molecule has 1 aromatic carbocycles. The van der Waals surface area contributed by atoms with Gasteiger partial charge in [-0.2, -0.15) is 27.6 Å². The van der Waals surface area contributed by atoms with Crippen LogP contribution in [0.15, 0.2) is 59.8 Å². The van der Waals surface area contributed by atoms with E-state index >= 15 is 0 Å². The Labute approximate surface area is 361 Å². The SMILES string of the molecule is CN1C=NN(c2[c-]cc(F)nc2F)[CH-]1.CN1C=NN(c2[c-]cc(F)nc2F)[CH-]1.Fc1c[c-]c(-c2ncncn2)c(F)n1.N#Cc1c(F)c[c-]c(-c2ncncn2)c1F.[Ir+3].[Ir+3]. The normalized spacial score (nSPS) is 12.2. The number of hydrogen-bond donors (Lipinski definition) is 0. The van der Waals surface area contributed by atoms with Crippen molar-refractivity contribution in [2.75, 3.05) is 24.1 Å². The van der Waals surface area contributed by atoms with Crippen molar-refractivity contribution in [3.8, 4) is 28.8 Å². The molecule has 0 fully saturated rings. The summed E-state index contributed by atoms with van der Waals surface area (Å²) in [4.78, 5) is 34.2. The van der Waals surface area contributed by atoms with Crippen LogP contribution in [0.1, 0.15) is 5.56 Å². The number of hydrogen-bond acceptors (Lipinski definition) is 16. The first kappa shape index (κ1) is 47.8. The molecule has 26 heteroatoms. The van der Waals surface area contributed by atoms with Gasteiger partial charge in [0.1, 0.15) is 49.1 Å². The maximum Gasteiger partial charge on any atom is 3.00 e. The zero-order chi connectivity index (χ0) is 41.8. The van der Waals surface area contributed by atoms with Crippen molar-refractivity contribution >= 4 is 24.1 Å². The van der Waals surface area contributed by atoms with Crippen molar-refractivity contribution in [1.82, 2.24) is 54.7 Å². The van der Waals surface area contributed by atoms with E-state index in [-0.39, 0.29) is 74.4 Å². The van der Waals surface area contributed by atoms with E-state index in [4.69, 9.17) is 5.26 Å². The van der Waals surface area contributed by atoms with Crippen molar-refractivity contribution in [1.29, 1.82) is 5.26 Å². The number of aromatic nitrogens is 9. The summed E-state index contributed by atoms with van der Waals surface area (Å²) in [5.41, 5.74) is -0.915. The van der Waals surface area contributed by atoms with E-state index in [9.17, 15) is 35.1 Å². The van der Waals surface area contributed by atoms with Crippen LogP contribution >= 0.6 is 0 Å². The third-order valence-corrected chi connectivity index (χ3v) is 6.53. The second-order valence-corrected chi connectivity index (χ2v) is 10.6. The summed E-state index contributed by atoms with van der Waals surface area (Å²) >= 11 is 0. The fraction of sp³-hybridized carbons (Fsp3) is 0.0588. The number of pyridine rings is 3. The average molecular weight is 1190 g/mol. The average Bonchev–Trinajstić information content (AvgIpc) is 3.84. The van der Waals surface area contributed by atoms with E-state index in [1.54, 1.807) is 23.9 Å². The van der Waals surface area contributed by atoms with Gasteiger partial charge in [-0.25, -0.2) is 18.7 Å². The Bertz CT molecular complexity index is 2380. The standard InChI is InChI=1S/C10H3F2N4.2C8H6F2N4.C8H3F2N4.2Ir/c11-8-2-1-6(9(12)7(8)3-13)10-15-4-14-5-16-10;2*1-13-4-11-14(5-13)6-2-3-7(9)12-8(6)10;9-6-2-1-5(7(10)14-6)8-12-3-11-4-13-8;;/h2,4-5H;2*3-5H,1H3;2-4H;;/q-1;2*-2;-1;2*+3. The summed E-state index contributed by atoms with van der Waals surface area (Å²) in [6.07, 6.45) is 7.72. The Morgan fingerprint density at radius 2 is 0.967 bits per heavy atom. The van der Waals surface area contributed by atoms with Crippen molar-refractivity contribution in [2.24, 2.45) is 10.2 Å². The molecule has 0 saturated carbocycles. The summed E-state index contributed by atoms with van der Waals surface area (Å²) in [6, 6.07) is 14.7. The summed E-state index contributed by atoms with van der Waals surface area (Å²) in [5.74, 6) is -7.50. The minimum absolute atomic E-state index is 0. The van der Waals surface area contributed by atoms with Gasteiger partial charge in [-0.05, 0) is 25.5 Å². The van der Waals surface area contributed by atoms with Crippen molar-refractivity contribution in [2.45, 2.75) is 0 Å². The molecule has 0 amide bonds. The molecule has 0 atom stereocenters. The van der Waals surface area contributed by atoms with E-state index in [2.05, 4.69) is 79.3 Å². The Morgan fingerprint density at radius 1 is 0.567 bits per heavy atom. The summed E-state index contributed by atoms with van der Waals surface area (Å²) in [6.45, 7) is 3.04. The molecule has 7 heterocycles. The number of halogens is 8. The molecular formula is C34H18F8Ir2N16. The van der Waals surface area contributed by atoms with Crippen LogP contribution in [0, 0.1) is 96.3 Å². The van der Waals surface area contributed by atoms with Gasteiger partial charge in [0.25, 0.3) is 0 Å². The van der Waals surface area contributed by atoms with Gasteiger partial charge in [0.15, 0.2) is 0 Å². The van der Waals surface area contributed by atoms with Crippen molar-refractivity contribution in [3.05, 3.63) is 140 Å². The molecular weight excluding hydrogens is 1170 g/mol. The van der Waals surface area contributed by atoms with E-state index in [1.807, 2.05) is 0 Å². The smallest absolute Gasteiger partial charge is 0.493 e.